The smallest absolute Gasteiger partial charge is 0.224 e. The molecule has 1 saturated heterocycles. The molecule has 1 aliphatic heterocycles. The van der Waals surface area contributed by atoms with Gasteiger partial charge < -0.3 is 14.5 Å². The van der Waals surface area contributed by atoms with E-state index in [1.807, 2.05) is 18.7 Å². The third kappa shape index (κ3) is 4.34. The summed E-state index contributed by atoms with van der Waals surface area (Å²) in [5.74, 6) is 0.134. The lowest BCUT2D eigenvalue weighted by Crippen LogP contribution is -2.43. The molecule has 0 radical (unpaired) electrons. The van der Waals surface area contributed by atoms with Crippen molar-refractivity contribution in [3.63, 3.8) is 0 Å². The van der Waals surface area contributed by atoms with Gasteiger partial charge in [0.25, 0.3) is 0 Å². The molecule has 0 aromatic heterocycles. The number of carbonyl (C=O) groups is 2. The van der Waals surface area contributed by atoms with Crippen molar-refractivity contribution >= 4 is 11.8 Å². The van der Waals surface area contributed by atoms with Crippen molar-refractivity contribution in [3.8, 4) is 0 Å². The Balaban J connectivity index is 2.37. The van der Waals surface area contributed by atoms with Gasteiger partial charge in [0.1, 0.15) is 0 Å². The second-order valence-corrected chi connectivity index (χ2v) is 4.55. The second kappa shape index (κ2) is 6.59. The van der Waals surface area contributed by atoms with Crippen molar-refractivity contribution in [2.24, 2.45) is 0 Å². The van der Waals surface area contributed by atoms with Crippen LogP contribution in [0.3, 0.4) is 0 Å². The Morgan fingerprint density at radius 1 is 1.29 bits per heavy atom. The summed E-state index contributed by atoms with van der Waals surface area (Å²) in [6, 6.07) is 0.144. The van der Waals surface area contributed by atoms with Crippen molar-refractivity contribution < 1.29 is 14.3 Å². The molecule has 1 heterocycles. The van der Waals surface area contributed by atoms with E-state index < -0.39 is 0 Å². The maximum absolute atomic E-state index is 11.9. The van der Waals surface area contributed by atoms with Crippen LogP contribution in [0.15, 0.2) is 0 Å². The molecule has 2 amide bonds. The molecular weight excluding hydrogens is 220 g/mol. The molecule has 0 unspecified atom stereocenters. The molecule has 0 bridgehead atoms. The first-order valence-corrected chi connectivity index (χ1v) is 6.15. The molecular formula is C12H22N2O3. The first-order valence-electron chi connectivity index (χ1n) is 6.15. The van der Waals surface area contributed by atoms with E-state index >= 15 is 0 Å². The minimum atomic E-state index is 0.0229. The van der Waals surface area contributed by atoms with E-state index in [-0.39, 0.29) is 17.9 Å². The number of rotatable bonds is 4. The molecule has 0 atom stereocenters. The Hall–Kier alpha value is -1.10. The third-order valence-corrected chi connectivity index (χ3v) is 2.96. The number of ether oxygens (including phenoxy) is 1. The van der Waals surface area contributed by atoms with Crippen LogP contribution in [0.5, 0.6) is 0 Å². The molecule has 1 rings (SSSR count). The molecule has 17 heavy (non-hydrogen) atoms. The summed E-state index contributed by atoms with van der Waals surface area (Å²) in [6.07, 6.45) is 0.401. The number of amides is 2. The minimum Gasteiger partial charge on any atom is -0.378 e. The quantitative estimate of drug-likeness (QED) is 0.721. The Morgan fingerprint density at radius 3 is 2.35 bits per heavy atom. The standard InChI is InChI=1S/C12H22N2O3/c1-10(2)14(11(3)15)5-4-12(16)13-6-8-17-9-7-13/h10H,4-9H2,1-3H3. The van der Waals surface area contributed by atoms with Gasteiger partial charge in [-0.1, -0.05) is 0 Å². The maximum atomic E-state index is 11.9. The summed E-state index contributed by atoms with van der Waals surface area (Å²) in [7, 11) is 0. The SMILES string of the molecule is CC(=O)N(CCC(=O)N1CCOCC1)C(C)C. The predicted octanol–water partition coefficient (Wildman–Crippen LogP) is 0.492. The van der Waals surface area contributed by atoms with Crippen molar-refractivity contribution in [1.29, 1.82) is 0 Å². The third-order valence-electron chi connectivity index (χ3n) is 2.96. The molecule has 1 aliphatic rings. The fourth-order valence-corrected chi connectivity index (χ4v) is 1.97. The zero-order valence-corrected chi connectivity index (χ0v) is 10.9. The summed E-state index contributed by atoms with van der Waals surface area (Å²) in [4.78, 5) is 26.8. The Morgan fingerprint density at radius 2 is 1.88 bits per heavy atom. The van der Waals surface area contributed by atoms with E-state index in [4.69, 9.17) is 4.74 Å². The van der Waals surface area contributed by atoms with Crippen molar-refractivity contribution in [3.05, 3.63) is 0 Å². The van der Waals surface area contributed by atoms with Crippen LogP contribution < -0.4 is 0 Å². The highest BCUT2D eigenvalue weighted by Gasteiger charge is 2.19. The van der Waals surface area contributed by atoms with Crippen molar-refractivity contribution in [1.82, 2.24) is 9.80 Å². The average Bonchev–Trinajstić information content (AvgIpc) is 2.29. The summed E-state index contributed by atoms with van der Waals surface area (Å²) in [6.45, 7) is 8.53. The van der Waals surface area contributed by atoms with Gasteiger partial charge in [-0.05, 0) is 13.8 Å². The molecule has 1 fully saturated rings. The van der Waals surface area contributed by atoms with Gasteiger partial charge in [-0.2, -0.15) is 0 Å². The molecule has 98 valence electrons. The van der Waals surface area contributed by atoms with Crippen LogP contribution in [0, 0.1) is 0 Å². The van der Waals surface area contributed by atoms with Gasteiger partial charge in [0.05, 0.1) is 13.2 Å². The maximum Gasteiger partial charge on any atom is 0.224 e. The van der Waals surface area contributed by atoms with Gasteiger partial charge >= 0.3 is 0 Å². The van der Waals surface area contributed by atoms with E-state index in [1.54, 1.807) is 11.8 Å². The second-order valence-electron chi connectivity index (χ2n) is 4.55. The van der Waals surface area contributed by atoms with Gasteiger partial charge in [0.15, 0.2) is 0 Å². The van der Waals surface area contributed by atoms with Crippen LogP contribution in [-0.4, -0.2) is 60.5 Å². The molecule has 0 aliphatic carbocycles. The van der Waals surface area contributed by atoms with Gasteiger partial charge in [-0.15, -0.1) is 0 Å². The zero-order chi connectivity index (χ0) is 12.8. The van der Waals surface area contributed by atoms with E-state index in [0.717, 1.165) is 0 Å². The molecule has 0 aromatic carbocycles. The summed E-state index contributed by atoms with van der Waals surface area (Å²) >= 11 is 0. The van der Waals surface area contributed by atoms with Crippen LogP contribution in [0.4, 0.5) is 0 Å². The molecule has 0 N–H and O–H groups in total. The normalized spacial score (nSPS) is 16.1. The largest absolute Gasteiger partial charge is 0.378 e. The van der Waals surface area contributed by atoms with E-state index in [9.17, 15) is 9.59 Å². The van der Waals surface area contributed by atoms with Gasteiger partial charge in [-0.3, -0.25) is 9.59 Å². The zero-order valence-electron chi connectivity index (χ0n) is 10.9. The lowest BCUT2D eigenvalue weighted by atomic mass is 10.2. The number of carbonyl (C=O) groups excluding carboxylic acids is 2. The van der Waals surface area contributed by atoms with Crippen LogP contribution in [-0.2, 0) is 14.3 Å². The van der Waals surface area contributed by atoms with Crippen LogP contribution >= 0.6 is 0 Å². The number of morpholine rings is 1. The van der Waals surface area contributed by atoms with Crippen LogP contribution in [0.25, 0.3) is 0 Å². The van der Waals surface area contributed by atoms with Crippen LogP contribution in [0.2, 0.25) is 0 Å². The number of hydrogen-bond acceptors (Lipinski definition) is 3. The predicted molar refractivity (Wildman–Crippen MR) is 64.5 cm³/mol. The molecule has 0 aromatic rings. The highest BCUT2D eigenvalue weighted by atomic mass is 16.5. The van der Waals surface area contributed by atoms with E-state index in [2.05, 4.69) is 0 Å². The lowest BCUT2D eigenvalue weighted by molar-refractivity contribution is -0.137. The molecule has 5 nitrogen and oxygen atoms in total. The van der Waals surface area contributed by atoms with E-state index in [1.165, 1.54) is 0 Å². The van der Waals surface area contributed by atoms with Crippen LogP contribution in [0.1, 0.15) is 27.2 Å². The Kier molecular flexibility index (Phi) is 5.41. The molecule has 0 saturated carbocycles. The highest BCUT2D eigenvalue weighted by Crippen LogP contribution is 2.04. The summed E-state index contributed by atoms with van der Waals surface area (Å²) in [5, 5.41) is 0. The monoisotopic (exact) mass is 242 g/mol. The van der Waals surface area contributed by atoms with Gasteiger partial charge in [0, 0.05) is 39.0 Å². The molecule has 5 heteroatoms. The number of nitrogens with zero attached hydrogens (tertiary/aromatic N) is 2. The minimum absolute atomic E-state index is 0.0229. The van der Waals surface area contributed by atoms with Gasteiger partial charge in [-0.25, -0.2) is 0 Å². The van der Waals surface area contributed by atoms with Crippen molar-refractivity contribution in [2.75, 3.05) is 32.8 Å². The fourth-order valence-electron chi connectivity index (χ4n) is 1.97. The Bertz CT molecular complexity index is 273. The first kappa shape index (κ1) is 14.0. The molecule has 0 spiro atoms. The summed E-state index contributed by atoms with van der Waals surface area (Å²) < 4.78 is 5.19. The van der Waals surface area contributed by atoms with Crippen molar-refractivity contribution in [2.45, 2.75) is 33.2 Å². The summed E-state index contributed by atoms with van der Waals surface area (Å²) in [5.41, 5.74) is 0. The topological polar surface area (TPSA) is 49.9 Å². The number of hydrogen-bond donors (Lipinski definition) is 0. The lowest BCUT2D eigenvalue weighted by Gasteiger charge is -2.29. The van der Waals surface area contributed by atoms with Gasteiger partial charge in [0.2, 0.25) is 11.8 Å². The Labute approximate surface area is 103 Å². The fraction of sp³-hybridized carbons (Fsp3) is 0.833. The average molecular weight is 242 g/mol. The first-order chi connectivity index (χ1) is 8.02. The van der Waals surface area contributed by atoms with E-state index in [0.29, 0.717) is 39.3 Å². The highest BCUT2D eigenvalue weighted by molar-refractivity contribution is 5.78.